The van der Waals surface area contributed by atoms with Gasteiger partial charge in [0, 0.05) is 23.8 Å². The van der Waals surface area contributed by atoms with Crippen molar-refractivity contribution in [3.05, 3.63) is 95.8 Å². The minimum absolute atomic E-state index is 0.0431. The van der Waals surface area contributed by atoms with Crippen molar-refractivity contribution in [2.45, 2.75) is 24.4 Å². The Labute approximate surface area is 191 Å². The van der Waals surface area contributed by atoms with E-state index in [1.165, 1.54) is 24.3 Å². The Balaban J connectivity index is 1.41. The van der Waals surface area contributed by atoms with Crippen LogP contribution in [0.2, 0.25) is 0 Å². The van der Waals surface area contributed by atoms with Crippen LogP contribution in [0.4, 0.5) is 20.6 Å². The number of anilines is 2. The molecule has 0 spiro atoms. The Hall–Kier alpha value is -3.71. The number of likely N-dealkylation sites (tertiary alicyclic amines) is 1. The molecule has 2 aliphatic rings. The van der Waals surface area contributed by atoms with E-state index >= 15 is 0 Å². The number of rotatable bonds is 4. The van der Waals surface area contributed by atoms with Crippen LogP contribution in [0.15, 0.2) is 78.9 Å². The van der Waals surface area contributed by atoms with Crippen molar-refractivity contribution in [1.82, 2.24) is 4.90 Å². The zero-order chi connectivity index (χ0) is 22.9. The van der Waals surface area contributed by atoms with E-state index in [0.29, 0.717) is 12.2 Å². The third-order valence-electron chi connectivity index (χ3n) is 6.52. The van der Waals surface area contributed by atoms with Gasteiger partial charge in [-0.15, -0.1) is 0 Å². The maximum atomic E-state index is 13.3. The highest BCUT2D eigenvalue weighted by Gasteiger charge is 2.55. The van der Waals surface area contributed by atoms with Gasteiger partial charge >= 0.3 is 6.03 Å². The molecule has 3 atom stereocenters. The molecule has 3 aromatic rings. The molecule has 0 saturated carbocycles. The lowest BCUT2D eigenvalue weighted by molar-refractivity contribution is -0.118. The number of nitrogens with one attached hydrogen (secondary N) is 1. The number of urea groups is 1. The van der Waals surface area contributed by atoms with E-state index in [1.54, 1.807) is 9.80 Å². The molecule has 2 heterocycles. The number of aliphatic hydroxyl groups excluding tert-OH is 1. The molecule has 6 nitrogen and oxygen atoms in total. The molecule has 0 unspecified atom stereocenters. The van der Waals surface area contributed by atoms with Gasteiger partial charge in [-0.2, -0.15) is 0 Å². The van der Waals surface area contributed by atoms with Gasteiger partial charge in [-0.05, 0) is 41.5 Å². The highest BCUT2D eigenvalue weighted by atomic mass is 19.1. The fourth-order valence-corrected chi connectivity index (χ4v) is 4.99. The van der Waals surface area contributed by atoms with Crippen molar-refractivity contribution in [2.24, 2.45) is 0 Å². The number of hydrogen-bond acceptors (Lipinski definition) is 3. The summed E-state index contributed by atoms with van der Waals surface area (Å²) in [5.74, 6) is -0.494. The number of aliphatic hydroxyl groups is 1. The van der Waals surface area contributed by atoms with Crippen LogP contribution in [0.5, 0.6) is 0 Å². The Morgan fingerprint density at radius 3 is 2.39 bits per heavy atom. The second-order valence-corrected chi connectivity index (χ2v) is 8.41. The molecule has 3 aromatic carbocycles. The second-order valence-electron chi connectivity index (χ2n) is 8.41. The Kier molecular flexibility index (Phi) is 5.56. The molecule has 7 heteroatoms. The summed E-state index contributed by atoms with van der Waals surface area (Å²) in [7, 11) is 0. The van der Waals surface area contributed by atoms with Crippen LogP contribution in [0, 0.1) is 5.82 Å². The van der Waals surface area contributed by atoms with Crippen LogP contribution in [-0.4, -0.2) is 47.2 Å². The van der Waals surface area contributed by atoms with Crippen LogP contribution in [-0.2, 0) is 11.2 Å². The SMILES string of the molecule is O=C(Cc1ccccc1)N1C[C@@H]2[C@H](c3ccccc31)[C@H](CO)N2C(=O)Nc1ccc(F)cc1. The summed E-state index contributed by atoms with van der Waals surface area (Å²) >= 11 is 0. The zero-order valence-electron chi connectivity index (χ0n) is 17.9. The average molecular weight is 445 g/mol. The molecular weight excluding hydrogens is 421 g/mol. The Morgan fingerprint density at radius 2 is 1.67 bits per heavy atom. The van der Waals surface area contributed by atoms with E-state index in [4.69, 9.17) is 0 Å². The molecule has 1 fully saturated rings. The number of carbonyl (C=O) groups is 2. The number of nitrogens with zero attached hydrogens (tertiary/aromatic N) is 2. The van der Waals surface area contributed by atoms with Gasteiger partial charge in [0.2, 0.25) is 5.91 Å². The number of para-hydroxylation sites is 1. The lowest BCUT2D eigenvalue weighted by Crippen LogP contribution is -2.71. The van der Waals surface area contributed by atoms with Gasteiger partial charge in [0.05, 0.1) is 25.1 Å². The van der Waals surface area contributed by atoms with Gasteiger partial charge < -0.3 is 20.2 Å². The predicted octanol–water partition coefficient (Wildman–Crippen LogP) is 3.78. The molecule has 0 bridgehead atoms. The molecule has 0 aromatic heterocycles. The van der Waals surface area contributed by atoms with E-state index in [9.17, 15) is 19.1 Å². The third-order valence-corrected chi connectivity index (χ3v) is 6.52. The maximum Gasteiger partial charge on any atom is 0.322 e. The first-order valence-corrected chi connectivity index (χ1v) is 11.0. The van der Waals surface area contributed by atoms with Gasteiger partial charge in [0.15, 0.2) is 0 Å². The highest BCUT2D eigenvalue weighted by molar-refractivity contribution is 5.97. The number of hydrogen-bond donors (Lipinski definition) is 2. The van der Waals surface area contributed by atoms with Crippen molar-refractivity contribution in [3.8, 4) is 0 Å². The van der Waals surface area contributed by atoms with Crippen LogP contribution < -0.4 is 10.2 Å². The predicted molar refractivity (Wildman–Crippen MR) is 124 cm³/mol. The molecule has 168 valence electrons. The molecule has 2 aliphatic heterocycles. The fourth-order valence-electron chi connectivity index (χ4n) is 4.99. The first-order valence-electron chi connectivity index (χ1n) is 11.0. The number of benzene rings is 3. The summed E-state index contributed by atoms with van der Waals surface area (Å²) in [4.78, 5) is 29.7. The molecule has 5 rings (SSSR count). The van der Waals surface area contributed by atoms with Gasteiger partial charge in [0.25, 0.3) is 0 Å². The quantitative estimate of drug-likeness (QED) is 0.642. The van der Waals surface area contributed by atoms with Crippen molar-refractivity contribution in [2.75, 3.05) is 23.4 Å². The molecule has 3 amide bonds. The highest BCUT2D eigenvalue weighted by Crippen LogP contribution is 2.48. The summed E-state index contributed by atoms with van der Waals surface area (Å²) < 4.78 is 13.2. The van der Waals surface area contributed by atoms with Crippen LogP contribution >= 0.6 is 0 Å². The fraction of sp³-hybridized carbons (Fsp3) is 0.231. The minimum Gasteiger partial charge on any atom is -0.394 e. The van der Waals surface area contributed by atoms with Crippen molar-refractivity contribution in [1.29, 1.82) is 0 Å². The Bertz CT molecular complexity index is 1170. The molecule has 1 saturated heterocycles. The molecular formula is C26H24FN3O3. The monoisotopic (exact) mass is 445 g/mol. The van der Waals surface area contributed by atoms with Crippen LogP contribution in [0.25, 0.3) is 0 Å². The number of fused-ring (bicyclic) bond motifs is 3. The van der Waals surface area contributed by atoms with E-state index in [1.807, 2.05) is 54.6 Å². The summed E-state index contributed by atoms with van der Waals surface area (Å²) in [6, 6.07) is 21.7. The van der Waals surface area contributed by atoms with E-state index in [-0.39, 0.29) is 42.7 Å². The van der Waals surface area contributed by atoms with Crippen LogP contribution in [0.1, 0.15) is 17.0 Å². The molecule has 2 N–H and O–H groups in total. The average Bonchev–Trinajstić information content (AvgIpc) is 2.81. The zero-order valence-corrected chi connectivity index (χ0v) is 17.9. The second kappa shape index (κ2) is 8.67. The molecule has 0 aliphatic carbocycles. The maximum absolute atomic E-state index is 13.3. The Morgan fingerprint density at radius 1 is 0.970 bits per heavy atom. The van der Waals surface area contributed by atoms with Crippen molar-refractivity contribution in [3.63, 3.8) is 0 Å². The van der Waals surface area contributed by atoms with E-state index < -0.39 is 6.04 Å². The summed E-state index contributed by atoms with van der Waals surface area (Å²) in [5, 5.41) is 12.9. The lowest BCUT2D eigenvalue weighted by Gasteiger charge is -2.58. The summed E-state index contributed by atoms with van der Waals surface area (Å²) in [6.07, 6.45) is 0.262. The van der Waals surface area contributed by atoms with Crippen molar-refractivity contribution >= 4 is 23.3 Å². The van der Waals surface area contributed by atoms with Gasteiger partial charge in [-0.1, -0.05) is 48.5 Å². The smallest absolute Gasteiger partial charge is 0.322 e. The van der Waals surface area contributed by atoms with Gasteiger partial charge in [-0.25, -0.2) is 9.18 Å². The third kappa shape index (κ3) is 3.85. The summed E-state index contributed by atoms with van der Waals surface area (Å²) in [5.41, 5.74) is 3.18. The largest absolute Gasteiger partial charge is 0.394 e. The van der Waals surface area contributed by atoms with E-state index in [0.717, 1.165) is 16.8 Å². The number of halogens is 1. The molecule has 33 heavy (non-hydrogen) atoms. The first-order chi connectivity index (χ1) is 16.1. The number of carbonyl (C=O) groups excluding carboxylic acids is 2. The molecule has 0 radical (unpaired) electrons. The van der Waals surface area contributed by atoms with E-state index in [2.05, 4.69) is 5.32 Å². The summed E-state index contributed by atoms with van der Waals surface area (Å²) in [6.45, 7) is 0.158. The van der Waals surface area contributed by atoms with Crippen molar-refractivity contribution < 1.29 is 19.1 Å². The standard InChI is InChI=1S/C26H24FN3O3/c27-18-10-12-19(13-11-18)28-26(33)30-22-15-29(24(32)14-17-6-2-1-3-7-17)21-9-5-4-8-20(21)25(22)23(30)16-31/h1-13,22-23,25,31H,14-16H2,(H,28,33)/t22-,23+,25+/m1/s1. The van der Waals surface area contributed by atoms with Crippen LogP contribution in [0.3, 0.4) is 0 Å². The first kappa shape index (κ1) is 21.2. The lowest BCUT2D eigenvalue weighted by atomic mass is 9.72. The van der Waals surface area contributed by atoms with Gasteiger partial charge in [-0.3, -0.25) is 4.79 Å². The number of amides is 3. The van der Waals surface area contributed by atoms with Gasteiger partial charge in [0.1, 0.15) is 5.82 Å². The topological polar surface area (TPSA) is 72.9 Å². The normalized spacial score (nSPS) is 21.0. The minimum atomic E-state index is -0.400.